The average Bonchev–Trinajstić information content (AvgIpc) is 2.66. The monoisotopic (exact) mass is 372 g/mol. The van der Waals surface area contributed by atoms with E-state index >= 15 is 0 Å². The molecule has 0 spiro atoms. The zero-order chi connectivity index (χ0) is 19.6. The summed E-state index contributed by atoms with van der Waals surface area (Å²) in [4.78, 5) is 0. The third-order valence-corrected chi connectivity index (χ3v) is 5.02. The molecule has 0 fully saturated rings. The Labute approximate surface area is 166 Å². The van der Waals surface area contributed by atoms with E-state index in [9.17, 15) is 0 Å². The Morgan fingerprint density at radius 2 is 0.500 bits per heavy atom. The Kier molecular flexibility index (Phi) is 32.1. The molecule has 0 rings (SSSR count). The Morgan fingerprint density at radius 3 is 0.692 bits per heavy atom. The predicted molar refractivity (Wildman–Crippen MR) is 118 cm³/mol. The summed E-state index contributed by atoms with van der Waals surface area (Å²) in [6.45, 7) is 5.25. The van der Waals surface area contributed by atoms with Crippen LogP contribution in [0, 0.1) is 0 Å². The second kappa shape index (κ2) is 29.7. The van der Waals surface area contributed by atoms with E-state index < -0.39 is 0 Å². The zero-order valence-corrected chi connectivity index (χ0v) is 18.5. The lowest BCUT2D eigenvalue weighted by Gasteiger charge is -2.01. The molecule has 0 heterocycles. The fraction of sp³-hybridized carbons (Fsp3) is 1.00. The molecule has 0 aliphatic carbocycles. The van der Waals surface area contributed by atoms with Gasteiger partial charge in [-0.15, -0.1) is 0 Å². The molecular formula is C24H52O2. The Hall–Kier alpha value is -0.0800. The fourth-order valence-corrected chi connectivity index (χ4v) is 3.20. The van der Waals surface area contributed by atoms with Crippen LogP contribution in [0.4, 0.5) is 0 Å². The minimum Gasteiger partial charge on any atom is -0.396 e. The van der Waals surface area contributed by atoms with Crippen molar-refractivity contribution < 1.29 is 10.2 Å². The summed E-state index contributed by atoms with van der Waals surface area (Å²) >= 11 is 0. The van der Waals surface area contributed by atoms with Crippen LogP contribution in [0.1, 0.15) is 142 Å². The van der Waals surface area contributed by atoms with Crippen molar-refractivity contribution in [1.82, 2.24) is 0 Å². The van der Waals surface area contributed by atoms with Gasteiger partial charge in [0.1, 0.15) is 0 Å². The third-order valence-electron chi connectivity index (χ3n) is 5.02. The summed E-state index contributed by atoms with van der Waals surface area (Å²) in [7, 11) is 0. The van der Waals surface area contributed by atoms with Crippen LogP contribution in [0.5, 0.6) is 0 Å². The smallest absolute Gasteiger partial charge is 0.0431 e. The van der Waals surface area contributed by atoms with Gasteiger partial charge in [0.05, 0.1) is 0 Å². The summed E-state index contributed by atoms with van der Waals surface area (Å²) in [6, 6.07) is 0. The summed E-state index contributed by atoms with van der Waals surface area (Å²) in [5.74, 6) is 0. The highest BCUT2D eigenvalue weighted by Gasteiger charge is 1.92. The minimum atomic E-state index is 0.370. The standard InChI is InChI=1S/C14H30O.C10H22O/c1-2-3-4-5-6-7-8-9-10-11-12-13-14-15;1-2-3-4-5-6-7-8-9-10-11/h15H,2-14H2,1H3;11H,2-10H2,1H3. The SMILES string of the molecule is CCCCCCCCCCCCCCO.CCCCCCCCCCO. The van der Waals surface area contributed by atoms with Gasteiger partial charge in [0.25, 0.3) is 0 Å². The molecule has 0 aromatic rings. The molecule has 0 aromatic carbocycles. The van der Waals surface area contributed by atoms with Gasteiger partial charge in [-0.2, -0.15) is 0 Å². The van der Waals surface area contributed by atoms with Crippen molar-refractivity contribution in [3.63, 3.8) is 0 Å². The van der Waals surface area contributed by atoms with Crippen LogP contribution >= 0.6 is 0 Å². The van der Waals surface area contributed by atoms with Crippen molar-refractivity contribution in [2.75, 3.05) is 13.2 Å². The van der Waals surface area contributed by atoms with Crippen LogP contribution in [0.15, 0.2) is 0 Å². The number of unbranched alkanes of at least 4 members (excludes halogenated alkanes) is 18. The van der Waals surface area contributed by atoms with E-state index in [0.29, 0.717) is 13.2 Å². The molecule has 0 saturated heterocycles. The van der Waals surface area contributed by atoms with Crippen LogP contribution < -0.4 is 0 Å². The van der Waals surface area contributed by atoms with E-state index in [1.165, 1.54) is 116 Å². The molecule has 0 aromatic heterocycles. The normalized spacial score (nSPS) is 10.6. The molecular weight excluding hydrogens is 320 g/mol. The van der Waals surface area contributed by atoms with Crippen LogP contribution in [0.2, 0.25) is 0 Å². The molecule has 160 valence electrons. The molecule has 26 heavy (non-hydrogen) atoms. The molecule has 0 atom stereocenters. The molecule has 0 aliphatic rings. The average molecular weight is 373 g/mol. The molecule has 0 radical (unpaired) electrons. The van der Waals surface area contributed by atoms with Crippen molar-refractivity contribution in [2.45, 2.75) is 142 Å². The van der Waals surface area contributed by atoms with Gasteiger partial charge in [0.2, 0.25) is 0 Å². The first-order valence-electron chi connectivity index (χ1n) is 12.0. The van der Waals surface area contributed by atoms with E-state index in [-0.39, 0.29) is 0 Å². The number of rotatable bonds is 20. The Bertz CT molecular complexity index is 186. The lowest BCUT2D eigenvalue weighted by molar-refractivity contribution is 0.282. The minimum absolute atomic E-state index is 0.370. The van der Waals surface area contributed by atoms with E-state index in [2.05, 4.69) is 13.8 Å². The highest BCUT2D eigenvalue weighted by atomic mass is 16.3. The van der Waals surface area contributed by atoms with Crippen LogP contribution in [0.25, 0.3) is 0 Å². The van der Waals surface area contributed by atoms with Crippen molar-refractivity contribution in [1.29, 1.82) is 0 Å². The number of aliphatic hydroxyl groups is 2. The first kappa shape index (κ1) is 28.1. The molecule has 2 N–H and O–H groups in total. The fourth-order valence-electron chi connectivity index (χ4n) is 3.20. The van der Waals surface area contributed by atoms with Gasteiger partial charge in [0, 0.05) is 13.2 Å². The molecule has 0 saturated carbocycles. The van der Waals surface area contributed by atoms with Crippen molar-refractivity contribution >= 4 is 0 Å². The molecule has 2 heteroatoms. The lowest BCUT2D eigenvalue weighted by atomic mass is 10.1. The maximum absolute atomic E-state index is 8.61. The number of hydrogen-bond donors (Lipinski definition) is 2. The first-order chi connectivity index (χ1) is 12.8. The van der Waals surface area contributed by atoms with Gasteiger partial charge in [-0.25, -0.2) is 0 Å². The van der Waals surface area contributed by atoms with Crippen molar-refractivity contribution in [3.05, 3.63) is 0 Å². The van der Waals surface area contributed by atoms with E-state index in [1.54, 1.807) is 0 Å². The third kappa shape index (κ3) is 31.7. The van der Waals surface area contributed by atoms with Crippen LogP contribution in [0.3, 0.4) is 0 Å². The van der Waals surface area contributed by atoms with E-state index in [4.69, 9.17) is 10.2 Å². The highest BCUT2D eigenvalue weighted by molar-refractivity contribution is 4.48. The van der Waals surface area contributed by atoms with Crippen molar-refractivity contribution in [2.24, 2.45) is 0 Å². The summed E-state index contributed by atoms with van der Waals surface area (Å²) in [5.41, 5.74) is 0. The largest absolute Gasteiger partial charge is 0.396 e. The van der Waals surface area contributed by atoms with Gasteiger partial charge in [-0.3, -0.25) is 0 Å². The lowest BCUT2D eigenvalue weighted by Crippen LogP contribution is -1.84. The molecule has 0 bridgehead atoms. The second-order valence-electron chi connectivity index (χ2n) is 7.81. The Balaban J connectivity index is 0. The van der Waals surface area contributed by atoms with Crippen LogP contribution in [-0.2, 0) is 0 Å². The van der Waals surface area contributed by atoms with Crippen molar-refractivity contribution in [3.8, 4) is 0 Å². The highest BCUT2D eigenvalue weighted by Crippen LogP contribution is 2.11. The summed E-state index contributed by atoms with van der Waals surface area (Å²) < 4.78 is 0. The maximum atomic E-state index is 8.61. The number of aliphatic hydroxyl groups excluding tert-OH is 2. The van der Waals surface area contributed by atoms with Gasteiger partial charge in [0.15, 0.2) is 0 Å². The van der Waals surface area contributed by atoms with Gasteiger partial charge in [-0.05, 0) is 12.8 Å². The number of hydrogen-bond acceptors (Lipinski definition) is 2. The summed E-state index contributed by atoms with van der Waals surface area (Å²) in [6.07, 6.45) is 26.6. The predicted octanol–water partition coefficient (Wildman–Crippen LogP) is 7.80. The maximum Gasteiger partial charge on any atom is 0.0431 e. The molecule has 0 aliphatic heterocycles. The topological polar surface area (TPSA) is 40.5 Å². The van der Waals surface area contributed by atoms with E-state index in [0.717, 1.165) is 12.8 Å². The molecule has 2 nitrogen and oxygen atoms in total. The second-order valence-corrected chi connectivity index (χ2v) is 7.81. The first-order valence-corrected chi connectivity index (χ1v) is 12.0. The summed E-state index contributed by atoms with van der Waals surface area (Å²) in [5, 5.41) is 17.1. The molecule has 0 unspecified atom stereocenters. The van der Waals surface area contributed by atoms with Gasteiger partial charge in [-0.1, -0.05) is 129 Å². The molecule has 0 amide bonds. The van der Waals surface area contributed by atoms with Crippen LogP contribution in [-0.4, -0.2) is 23.4 Å². The quantitative estimate of drug-likeness (QED) is 0.214. The van der Waals surface area contributed by atoms with Gasteiger partial charge >= 0.3 is 0 Å². The van der Waals surface area contributed by atoms with E-state index in [1.807, 2.05) is 0 Å². The zero-order valence-electron chi connectivity index (χ0n) is 18.5. The van der Waals surface area contributed by atoms with Gasteiger partial charge < -0.3 is 10.2 Å². The Morgan fingerprint density at radius 1 is 0.308 bits per heavy atom.